The highest BCUT2D eigenvalue weighted by molar-refractivity contribution is 6.09. The van der Waals surface area contributed by atoms with Crippen molar-refractivity contribution in [1.29, 1.82) is 5.41 Å². The molecule has 2 aliphatic rings. The average molecular weight is 444 g/mol. The highest BCUT2D eigenvalue weighted by Gasteiger charge is 2.71. The molecular formula is C22H29N5O5. The molecule has 2 fully saturated rings. The summed E-state index contributed by atoms with van der Waals surface area (Å²) in [5.74, 6) is -4.96. The molecule has 32 heavy (non-hydrogen) atoms. The van der Waals surface area contributed by atoms with E-state index in [0.29, 0.717) is 12.0 Å². The van der Waals surface area contributed by atoms with Gasteiger partial charge in [0.05, 0.1) is 11.8 Å². The second-order valence-corrected chi connectivity index (χ2v) is 8.40. The SMILES string of the molecule is CCCCN1C(=O)C2C(C)N(CCC(N)=O)C(C(=O)O)(c3ccc(C(=N)N)cc3)C2C1=O. The lowest BCUT2D eigenvalue weighted by molar-refractivity contribution is -0.159. The number of nitrogens with two attached hydrogens (primary N) is 2. The van der Waals surface area contributed by atoms with Crippen LogP contribution in [0.15, 0.2) is 24.3 Å². The van der Waals surface area contributed by atoms with Crippen molar-refractivity contribution in [3.05, 3.63) is 35.4 Å². The number of benzene rings is 1. The molecule has 0 bridgehead atoms. The lowest BCUT2D eigenvalue weighted by atomic mass is 9.75. The molecule has 172 valence electrons. The van der Waals surface area contributed by atoms with Gasteiger partial charge in [-0.15, -0.1) is 0 Å². The van der Waals surface area contributed by atoms with E-state index in [1.807, 2.05) is 6.92 Å². The maximum atomic E-state index is 13.5. The van der Waals surface area contributed by atoms with Crippen molar-refractivity contribution >= 4 is 29.5 Å². The Bertz CT molecular complexity index is 962. The second-order valence-electron chi connectivity index (χ2n) is 8.40. The predicted molar refractivity (Wildman–Crippen MR) is 115 cm³/mol. The molecule has 6 N–H and O–H groups in total. The van der Waals surface area contributed by atoms with Gasteiger partial charge in [0.15, 0.2) is 5.54 Å². The number of nitrogens with one attached hydrogen (secondary N) is 1. The van der Waals surface area contributed by atoms with Crippen LogP contribution >= 0.6 is 0 Å². The van der Waals surface area contributed by atoms with Gasteiger partial charge in [0.25, 0.3) is 0 Å². The zero-order chi connectivity index (χ0) is 23.8. The highest BCUT2D eigenvalue weighted by Crippen LogP contribution is 2.54. The van der Waals surface area contributed by atoms with Crippen molar-refractivity contribution in [2.45, 2.75) is 44.7 Å². The topological polar surface area (TPSA) is 171 Å². The van der Waals surface area contributed by atoms with E-state index in [0.717, 1.165) is 6.42 Å². The number of fused-ring (bicyclic) bond motifs is 1. The first kappa shape index (κ1) is 23.4. The van der Waals surface area contributed by atoms with Crippen molar-refractivity contribution in [2.75, 3.05) is 13.1 Å². The molecule has 3 amide bonds. The van der Waals surface area contributed by atoms with Crippen molar-refractivity contribution in [3.8, 4) is 0 Å². The Morgan fingerprint density at radius 2 is 1.75 bits per heavy atom. The Kier molecular flexibility index (Phi) is 6.36. The number of nitrogen functional groups attached to an aromatic ring is 1. The fourth-order valence-corrected chi connectivity index (χ4v) is 5.15. The van der Waals surface area contributed by atoms with Crippen LogP contribution in [0.3, 0.4) is 0 Å². The van der Waals surface area contributed by atoms with Crippen molar-refractivity contribution in [1.82, 2.24) is 9.80 Å². The number of hydrogen-bond acceptors (Lipinski definition) is 6. The molecule has 4 unspecified atom stereocenters. The monoisotopic (exact) mass is 443 g/mol. The Morgan fingerprint density at radius 1 is 1.12 bits per heavy atom. The van der Waals surface area contributed by atoms with Gasteiger partial charge in [-0.25, -0.2) is 4.79 Å². The smallest absolute Gasteiger partial charge is 0.329 e. The minimum atomic E-state index is -1.86. The Labute approximate surface area is 186 Å². The number of imide groups is 1. The van der Waals surface area contributed by atoms with E-state index in [9.17, 15) is 24.3 Å². The van der Waals surface area contributed by atoms with Crippen LogP contribution in [-0.2, 0) is 24.7 Å². The third-order valence-electron chi connectivity index (χ3n) is 6.65. The van der Waals surface area contributed by atoms with Gasteiger partial charge >= 0.3 is 5.97 Å². The van der Waals surface area contributed by atoms with E-state index in [1.165, 1.54) is 29.2 Å². The average Bonchev–Trinajstić information content (AvgIpc) is 3.15. The summed E-state index contributed by atoms with van der Waals surface area (Å²) in [6.07, 6.45) is 1.29. The Balaban J connectivity index is 2.19. The van der Waals surface area contributed by atoms with E-state index >= 15 is 0 Å². The number of amidine groups is 1. The Hall–Kier alpha value is -3.27. The third kappa shape index (κ3) is 3.44. The normalized spacial score (nSPS) is 27.6. The number of carbonyl (C=O) groups excluding carboxylic acids is 3. The van der Waals surface area contributed by atoms with Gasteiger partial charge in [0.2, 0.25) is 17.7 Å². The summed E-state index contributed by atoms with van der Waals surface area (Å²) >= 11 is 0. The van der Waals surface area contributed by atoms with Crippen molar-refractivity contribution in [2.24, 2.45) is 23.3 Å². The first-order valence-corrected chi connectivity index (χ1v) is 10.7. The molecule has 2 aliphatic heterocycles. The number of rotatable bonds is 9. The number of amides is 3. The molecule has 3 rings (SSSR count). The summed E-state index contributed by atoms with van der Waals surface area (Å²) < 4.78 is 0. The third-order valence-corrected chi connectivity index (χ3v) is 6.65. The zero-order valence-electron chi connectivity index (χ0n) is 18.2. The highest BCUT2D eigenvalue weighted by atomic mass is 16.4. The van der Waals surface area contributed by atoms with Crippen LogP contribution in [0.1, 0.15) is 44.2 Å². The van der Waals surface area contributed by atoms with Crippen molar-refractivity contribution in [3.63, 3.8) is 0 Å². The summed E-state index contributed by atoms with van der Waals surface area (Å²) in [7, 11) is 0. The number of unbranched alkanes of at least 4 members (excludes halogenated alkanes) is 1. The quantitative estimate of drug-likeness (QED) is 0.240. The first-order chi connectivity index (χ1) is 15.1. The minimum Gasteiger partial charge on any atom is -0.480 e. The molecule has 1 aromatic rings. The minimum absolute atomic E-state index is 0.0141. The molecule has 0 saturated carbocycles. The van der Waals surface area contributed by atoms with Gasteiger partial charge in [0.1, 0.15) is 5.84 Å². The summed E-state index contributed by atoms with van der Waals surface area (Å²) in [5, 5.41) is 18.2. The number of hydrogen-bond donors (Lipinski definition) is 4. The largest absolute Gasteiger partial charge is 0.480 e. The number of carbonyl (C=O) groups is 4. The predicted octanol–water partition coefficient (Wildman–Crippen LogP) is 0.231. The standard InChI is InChI=1S/C22H29N5O5/c1-3-4-10-26-19(29)16-12(2)27(11-9-15(23)28)22(21(31)32,17(16)20(26)30)14-7-5-13(6-8-14)18(24)25/h5-8,12,16-17H,3-4,9-11H2,1-2H3,(H2,23,28)(H3,24,25)(H,31,32). The van der Waals surface area contributed by atoms with Gasteiger partial charge in [-0.05, 0) is 18.9 Å². The van der Waals surface area contributed by atoms with Crippen LogP contribution in [0.5, 0.6) is 0 Å². The van der Waals surface area contributed by atoms with Crippen LogP contribution in [-0.4, -0.2) is 63.6 Å². The lowest BCUT2D eigenvalue weighted by Gasteiger charge is -2.40. The number of carboxylic acids is 1. The summed E-state index contributed by atoms with van der Waals surface area (Å²) in [5.41, 5.74) is 9.69. The number of nitrogens with zero attached hydrogens (tertiary/aromatic N) is 2. The van der Waals surface area contributed by atoms with E-state index in [2.05, 4.69) is 0 Å². The Morgan fingerprint density at radius 3 is 2.25 bits per heavy atom. The van der Waals surface area contributed by atoms with E-state index in [4.69, 9.17) is 16.9 Å². The van der Waals surface area contributed by atoms with Gasteiger partial charge in [-0.1, -0.05) is 37.6 Å². The molecule has 2 heterocycles. The van der Waals surface area contributed by atoms with Crippen LogP contribution < -0.4 is 11.5 Å². The molecule has 1 aromatic carbocycles. The van der Waals surface area contributed by atoms with E-state index in [-0.39, 0.29) is 36.8 Å². The molecule has 4 atom stereocenters. The number of primary amides is 1. The zero-order valence-corrected chi connectivity index (χ0v) is 18.2. The molecule has 0 spiro atoms. The van der Waals surface area contributed by atoms with E-state index in [1.54, 1.807) is 11.8 Å². The first-order valence-electron chi connectivity index (χ1n) is 10.7. The van der Waals surface area contributed by atoms with Gasteiger partial charge in [-0.3, -0.25) is 29.6 Å². The summed E-state index contributed by atoms with van der Waals surface area (Å²) in [6.45, 7) is 3.88. The van der Waals surface area contributed by atoms with Crippen LogP contribution in [0.25, 0.3) is 0 Å². The lowest BCUT2D eigenvalue weighted by Crippen LogP contribution is -2.56. The maximum absolute atomic E-state index is 13.5. The molecule has 0 radical (unpaired) electrons. The van der Waals surface area contributed by atoms with Gasteiger partial charge < -0.3 is 16.6 Å². The second kappa shape index (κ2) is 8.70. The van der Waals surface area contributed by atoms with Crippen LogP contribution in [0, 0.1) is 17.2 Å². The summed E-state index contributed by atoms with van der Waals surface area (Å²) in [4.78, 5) is 53.9. The molecule has 0 aromatic heterocycles. The van der Waals surface area contributed by atoms with Gasteiger partial charge in [-0.2, -0.15) is 0 Å². The fraction of sp³-hybridized carbons (Fsp3) is 0.500. The number of carboxylic acid groups (broad SMARTS) is 1. The number of aliphatic carboxylic acids is 1. The molecular weight excluding hydrogens is 414 g/mol. The molecule has 10 heteroatoms. The fourth-order valence-electron chi connectivity index (χ4n) is 5.15. The molecule has 10 nitrogen and oxygen atoms in total. The van der Waals surface area contributed by atoms with Crippen molar-refractivity contribution < 1.29 is 24.3 Å². The molecule has 0 aliphatic carbocycles. The summed E-state index contributed by atoms with van der Waals surface area (Å²) in [6, 6.07) is 5.46. The van der Waals surface area contributed by atoms with Gasteiger partial charge in [0, 0.05) is 31.1 Å². The maximum Gasteiger partial charge on any atom is 0.329 e. The van der Waals surface area contributed by atoms with Crippen LogP contribution in [0.4, 0.5) is 0 Å². The number of likely N-dealkylation sites (tertiary alicyclic amines) is 2. The van der Waals surface area contributed by atoms with Crippen LogP contribution in [0.2, 0.25) is 0 Å². The molecule has 2 saturated heterocycles. The van der Waals surface area contributed by atoms with E-state index < -0.39 is 41.2 Å².